The zero-order chi connectivity index (χ0) is 14.4. The molecule has 2 bridgehead atoms. The van der Waals surface area contributed by atoms with Crippen molar-refractivity contribution < 1.29 is 0 Å². The van der Waals surface area contributed by atoms with E-state index in [1.807, 2.05) is 38.4 Å². The van der Waals surface area contributed by atoms with E-state index in [2.05, 4.69) is 29.7 Å². The van der Waals surface area contributed by atoms with Crippen molar-refractivity contribution >= 4 is 11.8 Å². The smallest absolute Gasteiger partial charge is 0.225 e. The lowest BCUT2D eigenvalue weighted by Crippen LogP contribution is -2.69. The highest BCUT2D eigenvalue weighted by Gasteiger charge is 2.45. The topological polar surface area (TPSA) is 58.0 Å². The molecule has 2 aromatic heterocycles. The number of piperidine rings is 1. The molecule has 2 aromatic rings. The van der Waals surface area contributed by atoms with Crippen molar-refractivity contribution in [3.05, 3.63) is 36.0 Å². The molecule has 0 aromatic carbocycles. The maximum Gasteiger partial charge on any atom is 0.225 e. The minimum absolute atomic E-state index is 0.502. The Labute approximate surface area is 123 Å². The molecule has 0 spiro atoms. The number of hydrogen-bond acceptors (Lipinski definition) is 6. The van der Waals surface area contributed by atoms with Gasteiger partial charge in [-0.25, -0.2) is 19.9 Å². The standard InChI is InChI=1S/C15H18N6/c1-10-3-5-17-15(18-10)20-8-12-7-13(9-20)21(12)14-4-6-16-11(2)19-14/h3-6,12-13H,7-9H2,1-2H3. The molecule has 0 saturated carbocycles. The molecule has 0 radical (unpaired) electrons. The minimum atomic E-state index is 0.502. The summed E-state index contributed by atoms with van der Waals surface area (Å²) in [6, 6.07) is 4.94. The molecule has 2 unspecified atom stereocenters. The van der Waals surface area contributed by atoms with E-state index < -0.39 is 0 Å². The summed E-state index contributed by atoms with van der Waals surface area (Å²) in [5, 5.41) is 0. The van der Waals surface area contributed by atoms with E-state index in [9.17, 15) is 0 Å². The molecule has 5 rings (SSSR count). The van der Waals surface area contributed by atoms with Crippen LogP contribution in [-0.4, -0.2) is 45.1 Å². The Morgan fingerprint density at radius 2 is 1.76 bits per heavy atom. The molecule has 6 nitrogen and oxygen atoms in total. The van der Waals surface area contributed by atoms with E-state index in [0.717, 1.165) is 36.4 Å². The van der Waals surface area contributed by atoms with Gasteiger partial charge in [-0.1, -0.05) is 0 Å². The predicted molar refractivity (Wildman–Crippen MR) is 80.4 cm³/mol. The van der Waals surface area contributed by atoms with Gasteiger partial charge in [-0.05, 0) is 32.4 Å². The number of rotatable bonds is 2. The third-order valence-corrected chi connectivity index (χ3v) is 4.28. The number of aromatic nitrogens is 4. The summed E-state index contributed by atoms with van der Waals surface area (Å²) < 4.78 is 0. The van der Waals surface area contributed by atoms with Crippen LogP contribution in [0.1, 0.15) is 17.9 Å². The number of anilines is 2. The van der Waals surface area contributed by atoms with Gasteiger partial charge >= 0.3 is 0 Å². The average Bonchev–Trinajstić information content (AvgIpc) is 2.47. The molecule has 3 saturated heterocycles. The van der Waals surface area contributed by atoms with Gasteiger partial charge in [0.05, 0.1) is 12.1 Å². The first-order valence-electron chi connectivity index (χ1n) is 7.33. The quantitative estimate of drug-likeness (QED) is 0.829. The fraction of sp³-hybridized carbons (Fsp3) is 0.467. The first-order valence-corrected chi connectivity index (χ1v) is 7.33. The molecule has 0 aliphatic carbocycles. The zero-order valence-electron chi connectivity index (χ0n) is 12.3. The Kier molecular flexibility index (Phi) is 2.77. The number of aryl methyl sites for hydroxylation is 2. The van der Waals surface area contributed by atoms with Gasteiger partial charge in [0.2, 0.25) is 5.95 Å². The van der Waals surface area contributed by atoms with Crippen LogP contribution in [0, 0.1) is 13.8 Å². The predicted octanol–water partition coefficient (Wildman–Crippen LogP) is 1.35. The molecule has 3 aliphatic rings. The molecule has 0 N–H and O–H groups in total. The summed E-state index contributed by atoms with van der Waals surface area (Å²) >= 11 is 0. The molecular weight excluding hydrogens is 264 g/mol. The Morgan fingerprint density at radius 3 is 2.48 bits per heavy atom. The van der Waals surface area contributed by atoms with Crippen LogP contribution < -0.4 is 9.80 Å². The molecule has 21 heavy (non-hydrogen) atoms. The van der Waals surface area contributed by atoms with Gasteiger partial charge in [0.15, 0.2) is 0 Å². The first-order chi connectivity index (χ1) is 10.2. The largest absolute Gasteiger partial charge is 0.347 e. The van der Waals surface area contributed by atoms with Crippen molar-refractivity contribution in [2.45, 2.75) is 32.4 Å². The van der Waals surface area contributed by atoms with Gasteiger partial charge in [0, 0.05) is 31.2 Å². The highest BCUT2D eigenvalue weighted by atomic mass is 15.4. The van der Waals surface area contributed by atoms with Crippen LogP contribution in [0.15, 0.2) is 24.5 Å². The first kappa shape index (κ1) is 12.5. The van der Waals surface area contributed by atoms with Crippen LogP contribution >= 0.6 is 0 Å². The summed E-state index contributed by atoms with van der Waals surface area (Å²) in [6.45, 7) is 5.86. The van der Waals surface area contributed by atoms with E-state index in [4.69, 9.17) is 0 Å². The lowest BCUT2D eigenvalue weighted by molar-refractivity contribution is 0.286. The lowest BCUT2D eigenvalue weighted by Gasteiger charge is -2.56. The molecule has 3 fully saturated rings. The molecule has 2 atom stereocenters. The van der Waals surface area contributed by atoms with E-state index >= 15 is 0 Å². The van der Waals surface area contributed by atoms with Gasteiger partial charge in [-0.3, -0.25) is 0 Å². The monoisotopic (exact) mass is 282 g/mol. The van der Waals surface area contributed by atoms with Crippen LogP contribution in [0.3, 0.4) is 0 Å². The van der Waals surface area contributed by atoms with Crippen molar-refractivity contribution in [1.82, 2.24) is 19.9 Å². The van der Waals surface area contributed by atoms with Crippen molar-refractivity contribution in [2.75, 3.05) is 22.9 Å². The summed E-state index contributed by atoms with van der Waals surface area (Å²) in [5.74, 6) is 2.73. The SMILES string of the molecule is Cc1ccnc(N2CC3CC(C2)N3c2ccnc(C)n2)n1. The summed E-state index contributed by atoms with van der Waals surface area (Å²) in [6.07, 6.45) is 4.90. The Hall–Kier alpha value is -2.24. The number of fused-ring (bicyclic) bond motifs is 2. The van der Waals surface area contributed by atoms with Crippen LogP contribution in [-0.2, 0) is 0 Å². The Balaban J connectivity index is 1.54. The van der Waals surface area contributed by atoms with Crippen molar-refractivity contribution in [3.63, 3.8) is 0 Å². The number of hydrogen-bond donors (Lipinski definition) is 0. The van der Waals surface area contributed by atoms with Crippen LogP contribution in [0.5, 0.6) is 0 Å². The van der Waals surface area contributed by atoms with E-state index in [1.54, 1.807) is 0 Å². The zero-order valence-corrected chi connectivity index (χ0v) is 12.3. The van der Waals surface area contributed by atoms with E-state index in [1.165, 1.54) is 6.42 Å². The Morgan fingerprint density at radius 1 is 1.00 bits per heavy atom. The summed E-state index contributed by atoms with van der Waals surface area (Å²) in [7, 11) is 0. The second-order valence-electron chi connectivity index (χ2n) is 5.82. The molecule has 0 amide bonds. The van der Waals surface area contributed by atoms with Gasteiger partial charge in [-0.15, -0.1) is 0 Å². The fourth-order valence-electron chi connectivity index (χ4n) is 3.32. The maximum absolute atomic E-state index is 4.55. The molecular formula is C15H18N6. The molecule has 3 aliphatic heterocycles. The third-order valence-electron chi connectivity index (χ3n) is 4.28. The van der Waals surface area contributed by atoms with Crippen LogP contribution in [0.4, 0.5) is 11.8 Å². The molecule has 5 heterocycles. The lowest BCUT2D eigenvalue weighted by atomic mass is 9.87. The van der Waals surface area contributed by atoms with Gasteiger partial charge in [-0.2, -0.15) is 0 Å². The summed E-state index contributed by atoms with van der Waals surface area (Å²) in [4.78, 5) is 22.4. The second-order valence-corrected chi connectivity index (χ2v) is 5.82. The third kappa shape index (κ3) is 2.11. The van der Waals surface area contributed by atoms with E-state index in [0.29, 0.717) is 12.1 Å². The Bertz CT molecular complexity index is 661. The highest BCUT2D eigenvalue weighted by molar-refractivity contribution is 5.50. The van der Waals surface area contributed by atoms with Gasteiger partial charge in [0.1, 0.15) is 11.6 Å². The average molecular weight is 282 g/mol. The van der Waals surface area contributed by atoms with Gasteiger partial charge in [0.25, 0.3) is 0 Å². The van der Waals surface area contributed by atoms with Crippen molar-refractivity contribution in [1.29, 1.82) is 0 Å². The van der Waals surface area contributed by atoms with E-state index in [-0.39, 0.29) is 0 Å². The minimum Gasteiger partial charge on any atom is -0.347 e. The highest BCUT2D eigenvalue weighted by Crippen LogP contribution is 2.36. The molecule has 108 valence electrons. The number of nitrogens with zero attached hydrogens (tertiary/aromatic N) is 6. The van der Waals surface area contributed by atoms with Crippen LogP contribution in [0.25, 0.3) is 0 Å². The second kappa shape index (κ2) is 4.65. The fourth-order valence-corrected chi connectivity index (χ4v) is 3.32. The van der Waals surface area contributed by atoms with Gasteiger partial charge < -0.3 is 9.80 Å². The van der Waals surface area contributed by atoms with Crippen LogP contribution in [0.2, 0.25) is 0 Å². The van der Waals surface area contributed by atoms with Crippen molar-refractivity contribution in [3.8, 4) is 0 Å². The van der Waals surface area contributed by atoms with Crippen molar-refractivity contribution in [2.24, 2.45) is 0 Å². The molecule has 6 heteroatoms. The normalized spacial score (nSPS) is 23.9. The number of piperazine rings is 1. The summed E-state index contributed by atoms with van der Waals surface area (Å²) in [5.41, 5.74) is 1.02. The maximum atomic E-state index is 4.55.